The Balaban J connectivity index is 1.62. The molecule has 28 heavy (non-hydrogen) atoms. The summed E-state index contributed by atoms with van der Waals surface area (Å²) < 4.78 is 45.9. The summed E-state index contributed by atoms with van der Waals surface area (Å²) >= 11 is 0. The number of hydrogen-bond acceptors (Lipinski definition) is 7. The van der Waals surface area contributed by atoms with Crippen molar-refractivity contribution in [2.45, 2.75) is 31.1 Å². The molecule has 0 saturated carbocycles. The average molecular weight is 403 g/mol. The molecule has 1 atom stereocenters. The summed E-state index contributed by atoms with van der Waals surface area (Å²) in [5, 5.41) is 3.92. The highest BCUT2D eigenvalue weighted by Gasteiger charge is 2.35. The third kappa shape index (κ3) is 3.29. The smallest absolute Gasteiger partial charge is 0.243 e. The first-order chi connectivity index (χ1) is 13.4. The van der Waals surface area contributed by atoms with Crippen LogP contribution in [0.15, 0.2) is 40.1 Å². The normalized spacial score (nSPS) is 17.9. The van der Waals surface area contributed by atoms with Gasteiger partial charge in [-0.2, -0.15) is 9.29 Å². The van der Waals surface area contributed by atoms with Gasteiger partial charge in [-0.15, -0.1) is 0 Å². The number of aromatic nitrogens is 4. The van der Waals surface area contributed by atoms with Crippen LogP contribution in [0.2, 0.25) is 0 Å². The minimum Gasteiger partial charge on any atom is -0.339 e. The highest BCUT2D eigenvalue weighted by molar-refractivity contribution is 7.89. The molecule has 10 heteroatoms. The largest absolute Gasteiger partial charge is 0.339 e. The molecule has 0 bridgehead atoms. The summed E-state index contributed by atoms with van der Waals surface area (Å²) in [6.07, 6.45) is 3.62. The zero-order valence-corrected chi connectivity index (χ0v) is 16.1. The van der Waals surface area contributed by atoms with E-state index in [1.54, 1.807) is 20.0 Å². The molecule has 4 rings (SSSR count). The number of hydrogen-bond donors (Lipinski definition) is 0. The topological polar surface area (TPSA) is 102 Å². The summed E-state index contributed by atoms with van der Waals surface area (Å²) in [6.45, 7) is 3.84. The van der Waals surface area contributed by atoms with Crippen molar-refractivity contribution in [3.05, 3.63) is 53.7 Å². The van der Waals surface area contributed by atoms with Crippen molar-refractivity contribution in [1.82, 2.24) is 24.4 Å². The summed E-state index contributed by atoms with van der Waals surface area (Å²) in [5.74, 6) is 0.239. The Hall–Kier alpha value is -2.72. The lowest BCUT2D eigenvalue weighted by molar-refractivity contribution is 0.394. The van der Waals surface area contributed by atoms with E-state index in [0.29, 0.717) is 41.5 Å². The molecular weight excluding hydrogens is 385 g/mol. The van der Waals surface area contributed by atoms with E-state index in [0.717, 1.165) is 0 Å². The van der Waals surface area contributed by atoms with Crippen LogP contribution in [-0.2, 0) is 10.0 Å². The Bertz CT molecular complexity index is 1130. The van der Waals surface area contributed by atoms with Gasteiger partial charge < -0.3 is 4.52 Å². The van der Waals surface area contributed by atoms with Crippen molar-refractivity contribution in [3.63, 3.8) is 0 Å². The lowest BCUT2D eigenvalue weighted by Crippen LogP contribution is -2.29. The molecule has 1 aliphatic heterocycles. The van der Waals surface area contributed by atoms with Gasteiger partial charge in [0.1, 0.15) is 12.1 Å². The van der Waals surface area contributed by atoms with E-state index in [1.807, 2.05) is 0 Å². The molecule has 1 unspecified atom stereocenters. The molecule has 2 aromatic heterocycles. The SMILES string of the molecule is Cc1nc(-c2cncnc2C2CCN(S(=O)(=O)c3ccc(F)c(C)c3)C2)no1. The first-order valence-electron chi connectivity index (χ1n) is 8.73. The van der Waals surface area contributed by atoms with E-state index in [1.165, 1.54) is 28.8 Å². The zero-order chi connectivity index (χ0) is 19.9. The molecule has 0 aliphatic carbocycles. The quantitative estimate of drug-likeness (QED) is 0.659. The molecule has 0 spiro atoms. The third-order valence-corrected chi connectivity index (χ3v) is 6.68. The molecular formula is C18H18FN5O3S. The molecule has 3 heterocycles. The van der Waals surface area contributed by atoms with Crippen molar-refractivity contribution in [1.29, 1.82) is 0 Å². The van der Waals surface area contributed by atoms with Crippen LogP contribution >= 0.6 is 0 Å². The van der Waals surface area contributed by atoms with E-state index in [9.17, 15) is 12.8 Å². The van der Waals surface area contributed by atoms with Crippen LogP contribution in [0.25, 0.3) is 11.4 Å². The maximum absolute atomic E-state index is 13.5. The average Bonchev–Trinajstić information content (AvgIpc) is 3.33. The van der Waals surface area contributed by atoms with Gasteiger partial charge in [0, 0.05) is 32.1 Å². The van der Waals surface area contributed by atoms with E-state index in [-0.39, 0.29) is 17.4 Å². The second-order valence-electron chi connectivity index (χ2n) is 6.72. The molecule has 1 aromatic carbocycles. The monoisotopic (exact) mass is 403 g/mol. The summed E-state index contributed by atoms with van der Waals surface area (Å²) in [7, 11) is -3.72. The molecule has 0 N–H and O–H groups in total. The van der Waals surface area contributed by atoms with Crippen LogP contribution in [0.3, 0.4) is 0 Å². The van der Waals surface area contributed by atoms with Crippen molar-refractivity contribution < 1.29 is 17.3 Å². The molecule has 1 fully saturated rings. The van der Waals surface area contributed by atoms with Gasteiger partial charge in [-0.3, -0.25) is 0 Å². The minimum absolute atomic E-state index is 0.0868. The fraction of sp³-hybridized carbons (Fsp3) is 0.333. The third-order valence-electron chi connectivity index (χ3n) is 4.82. The van der Waals surface area contributed by atoms with E-state index < -0.39 is 15.8 Å². The molecule has 146 valence electrons. The first kappa shape index (κ1) is 18.6. The Labute approximate surface area is 161 Å². The van der Waals surface area contributed by atoms with Crippen LogP contribution in [0, 0.1) is 19.7 Å². The number of benzene rings is 1. The summed E-state index contributed by atoms with van der Waals surface area (Å²) in [5.41, 5.74) is 1.60. The highest BCUT2D eigenvalue weighted by atomic mass is 32.2. The fourth-order valence-electron chi connectivity index (χ4n) is 3.34. The van der Waals surface area contributed by atoms with Crippen molar-refractivity contribution in [3.8, 4) is 11.4 Å². The van der Waals surface area contributed by atoms with Gasteiger partial charge >= 0.3 is 0 Å². The number of rotatable bonds is 4. The Kier molecular flexibility index (Phi) is 4.68. The van der Waals surface area contributed by atoms with E-state index >= 15 is 0 Å². The van der Waals surface area contributed by atoms with Gasteiger partial charge in [-0.25, -0.2) is 22.8 Å². The molecule has 1 saturated heterocycles. The standard InChI is InChI=1S/C18H18FN5O3S/c1-11-7-14(3-4-16(11)19)28(25,26)24-6-5-13(9-24)17-15(8-20-10-21-17)18-22-12(2)27-23-18/h3-4,7-8,10,13H,5-6,9H2,1-2H3. The van der Waals surface area contributed by atoms with Crippen molar-refractivity contribution in [2.75, 3.05) is 13.1 Å². The Morgan fingerprint density at radius 3 is 2.82 bits per heavy atom. The minimum atomic E-state index is -3.72. The highest BCUT2D eigenvalue weighted by Crippen LogP contribution is 2.34. The number of halogens is 1. The van der Waals surface area contributed by atoms with Crippen LogP contribution in [0.1, 0.15) is 29.5 Å². The fourth-order valence-corrected chi connectivity index (χ4v) is 4.93. The maximum atomic E-state index is 13.5. The predicted octanol–water partition coefficient (Wildman–Crippen LogP) is 2.46. The Morgan fingerprint density at radius 1 is 1.29 bits per heavy atom. The molecule has 3 aromatic rings. The second kappa shape index (κ2) is 7.02. The summed E-state index contributed by atoms with van der Waals surface area (Å²) in [4.78, 5) is 12.7. The predicted molar refractivity (Wildman–Crippen MR) is 97.3 cm³/mol. The van der Waals surface area contributed by atoms with Crippen LogP contribution in [-0.4, -0.2) is 45.9 Å². The maximum Gasteiger partial charge on any atom is 0.243 e. The zero-order valence-electron chi connectivity index (χ0n) is 15.3. The molecule has 1 aliphatic rings. The van der Waals surface area contributed by atoms with Gasteiger partial charge in [0.2, 0.25) is 21.7 Å². The second-order valence-corrected chi connectivity index (χ2v) is 8.66. The van der Waals surface area contributed by atoms with E-state index in [4.69, 9.17) is 4.52 Å². The van der Waals surface area contributed by atoms with E-state index in [2.05, 4.69) is 20.1 Å². The number of sulfonamides is 1. The van der Waals surface area contributed by atoms with Gasteiger partial charge in [-0.1, -0.05) is 5.16 Å². The number of aryl methyl sites for hydroxylation is 2. The number of nitrogens with zero attached hydrogens (tertiary/aromatic N) is 5. The molecule has 0 radical (unpaired) electrons. The van der Waals surface area contributed by atoms with Crippen LogP contribution < -0.4 is 0 Å². The van der Waals surface area contributed by atoms with Gasteiger partial charge in [0.15, 0.2) is 0 Å². The first-order valence-corrected chi connectivity index (χ1v) is 10.2. The van der Waals surface area contributed by atoms with Gasteiger partial charge in [0.25, 0.3) is 0 Å². The lowest BCUT2D eigenvalue weighted by atomic mass is 10.00. The molecule has 8 nitrogen and oxygen atoms in total. The Morgan fingerprint density at radius 2 is 2.11 bits per heavy atom. The van der Waals surface area contributed by atoms with Crippen molar-refractivity contribution >= 4 is 10.0 Å². The molecule has 0 amide bonds. The van der Waals surface area contributed by atoms with Crippen LogP contribution in [0.4, 0.5) is 4.39 Å². The van der Waals surface area contributed by atoms with Gasteiger partial charge in [-0.05, 0) is 37.1 Å². The van der Waals surface area contributed by atoms with Crippen molar-refractivity contribution in [2.24, 2.45) is 0 Å². The summed E-state index contributed by atoms with van der Waals surface area (Å²) in [6, 6.07) is 3.83. The lowest BCUT2D eigenvalue weighted by Gasteiger charge is -2.17. The van der Waals surface area contributed by atoms with Crippen LogP contribution in [0.5, 0.6) is 0 Å². The van der Waals surface area contributed by atoms with Gasteiger partial charge in [0.05, 0.1) is 16.2 Å².